The summed E-state index contributed by atoms with van der Waals surface area (Å²) >= 11 is 0. The molecule has 1 fully saturated rings. The molecule has 1 aliphatic heterocycles. The van der Waals surface area contributed by atoms with Crippen LogP contribution in [0, 0.1) is 0 Å². The number of nitrogens with one attached hydrogen (secondary N) is 1. The topological polar surface area (TPSA) is 58.6 Å². The zero-order valence-electron chi connectivity index (χ0n) is 10.1. The van der Waals surface area contributed by atoms with Gasteiger partial charge in [-0.15, -0.1) is 0 Å². The largest absolute Gasteiger partial charge is 0.352 e. The lowest BCUT2D eigenvalue weighted by molar-refractivity contribution is -0.168. The van der Waals surface area contributed by atoms with E-state index in [1.807, 2.05) is 6.07 Å². The van der Waals surface area contributed by atoms with Gasteiger partial charge in [0.15, 0.2) is 0 Å². The second-order valence-corrected chi connectivity index (χ2v) is 4.05. The molecule has 0 saturated carbocycles. The lowest BCUT2D eigenvalue weighted by Crippen LogP contribution is -2.32. The van der Waals surface area contributed by atoms with Crippen LogP contribution in [-0.2, 0) is 9.63 Å². The fourth-order valence-corrected chi connectivity index (χ4v) is 1.74. The van der Waals surface area contributed by atoms with Gasteiger partial charge in [0.25, 0.3) is 5.91 Å². The fraction of sp³-hybridized carbons (Fsp3) is 0.385. The van der Waals surface area contributed by atoms with Crippen LogP contribution in [-0.4, -0.2) is 36.6 Å². The summed E-state index contributed by atoms with van der Waals surface area (Å²) < 4.78 is 0. The predicted molar refractivity (Wildman–Crippen MR) is 65.7 cm³/mol. The lowest BCUT2D eigenvalue weighted by atomic mass is 10.2. The average molecular weight is 248 g/mol. The highest BCUT2D eigenvalue weighted by Gasteiger charge is 2.18. The van der Waals surface area contributed by atoms with Crippen molar-refractivity contribution < 1.29 is 14.4 Å². The Balaban J connectivity index is 1.72. The van der Waals surface area contributed by atoms with Gasteiger partial charge in [0, 0.05) is 18.5 Å². The van der Waals surface area contributed by atoms with E-state index in [0.29, 0.717) is 25.3 Å². The second kappa shape index (κ2) is 6.16. The number of benzene rings is 1. The molecule has 1 N–H and O–H groups in total. The summed E-state index contributed by atoms with van der Waals surface area (Å²) in [6, 6.07) is 8.93. The van der Waals surface area contributed by atoms with E-state index >= 15 is 0 Å². The molecule has 96 valence electrons. The van der Waals surface area contributed by atoms with Crippen molar-refractivity contribution in [3.8, 4) is 0 Å². The monoisotopic (exact) mass is 248 g/mol. The predicted octanol–water partition coefficient (Wildman–Crippen LogP) is 0.970. The normalized spacial score (nSPS) is 14.6. The first-order chi connectivity index (χ1) is 8.77. The van der Waals surface area contributed by atoms with Crippen LogP contribution in [0.5, 0.6) is 0 Å². The van der Waals surface area contributed by atoms with E-state index in [9.17, 15) is 9.59 Å². The van der Waals surface area contributed by atoms with Crippen LogP contribution >= 0.6 is 0 Å². The van der Waals surface area contributed by atoms with E-state index in [1.54, 1.807) is 24.3 Å². The quantitative estimate of drug-likeness (QED) is 0.863. The lowest BCUT2D eigenvalue weighted by Gasteiger charge is -2.13. The second-order valence-electron chi connectivity index (χ2n) is 4.05. The Hall–Kier alpha value is -1.88. The van der Waals surface area contributed by atoms with Gasteiger partial charge in [0.05, 0.1) is 13.2 Å². The minimum atomic E-state index is -0.161. The number of hydrogen-bond donors (Lipinski definition) is 1. The minimum Gasteiger partial charge on any atom is -0.352 e. The molecule has 0 atom stereocenters. The Morgan fingerprint density at radius 2 is 2.06 bits per heavy atom. The number of carbonyl (C=O) groups excluding carboxylic acids is 2. The maximum Gasteiger partial charge on any atom is 0.251 e. The van der Waals surface area contributed by atoms with Crippen molar-refractivity contribution in [3.05, 3.63) is 35.9 Å². The molecular weight excluding hydrogens is 232 g/mol. The number of hydroxylamine groups is 2. The molecule has 1 saturated heterocycles. The van der Waals surface area contributed by atoms with Crippen molar-refractivity contribution in [2.45, 2.75) is 12.8 Å². The van der Waals surface area contributed by atoms with Crippen LogP contribution in [0.2, 0.25) is 0 Å². The summed E-state index contributed by atoms with van der Waals surface area (Å²) in [5.41, 5.74) is 0.599. The van der Waals surface area contributed by atoms with E-state index in [1.165, 1.54) is 5.06 Å². The number of nitrogens with zero attached hydrogens (tertiary/aromatic N) is 1. The molecule has 0 aromatic heterocycles. The van der Waals surface area contributed by atoms with Gasteiger partial charge in [-0.1, -0.05) is 18.2 Å². The highest BCUT2D eigenvalue weighted by Crippen LogP contribution is 2.05. The summed E-state index contributed by atoms with van der Waals surface area (Å²) in [4.78, 5) is 28.4. The average Bonchev–Trinajstić information content (AvgIpc) is 2.93. The summed E-state index contributed by atoms with van der Waals surface area (Å²) in [5.74, 6) is -0.244. The molecule has 5 heteroatoms. The highest BCUT2D eigenvalue weighted by molar-refractivity contribution is 5.94. The van der Waals surface area contributed by atoms with Crippen LogP contribution in [0.1, 0.15) is 23.2 Å². The van der Waals surface area contributed by atoms with Gasteiger partial charge in [-0.25, -0.2) is 5.06 Å². The van der Waals surface area contributed by atoms with E-state index in [0.717, 1.165) is 6.42 Å². The Kier molecular flexibility index (Phi) is 4.30. The first-order valence-electron chi connectivity index (χ1n) is 6.04. The molecule has 1 heterocycles. The highest BCUT2D eigenvalue weighted by atomic mass is 16.7. The van der Waals surface area contributed by atoms with Crippen molar-refractivity contribution in [1.82, 2.24) is 10.4 Å². The summed E-state index contributed by atoms with van der Waals surface area (Å²) in [5, 5.41) is 4.08. The zero-order chi connectivity index (χ0) is 12.8. The van der Waals surface area contributed by atoms with Gasteiger partial charge in [-0.05, 0) is 18.6 Å². The molecule has 5 nitrogen and oxygen atoms in total. The van der Waals surface area contributed by atoms with Crippen LogP contribution in [0.4, 0.5) is 0 Å². The Morgan fingerprint density at radius 1 is 1.28 bits per heavy atom. The molecule has 0 spiro atoms. The Bertz CT molecular complexity index is 414. The molecule has 2 rings (SSSR count). The van der Waals surface area contributed by atoms with Crippen molar-refractivity contribution in [2.75, 3.05) is 19.7 Å². The summed E-state index contributed by atoms with van der Waals surface area (Å²) in [6.45, 7) is 1.57. The molecule has 1 aromatic rings. The maximum absolute atomic E-state index is 11.7. The molecule has 18 heavy (non-hydrogen) atoms. The molecule has 2 amide bonds. The Morgan fingerprint density at radius 3 is 2.72 bits per heavy atom. The molecular formula is C13H16N2O3. The summed E-state index contributed by atoms with van der Waals surface area (Å²) in [6.07, 6.45) is 1.14. The van der Waals surface area contributed by atoms with Crippen molar-refractivity contribution in [3.63, 3.8) is 0 Å². The van der Waals surface area contributed by atoms with E-state index < -0.39 is 0 Å². The van der Waals surface area contributed by atoms with Crippen LogP contribution in [0.3, 0.4) is 0 Å². The SMILES string of the molecule is O=C(NCCC(=O)N1CCCO1)c1ccccc1. The number of hydrogen-bond acceptors (Lipinski definition) is 3. The van der Waals surface area contributed by atoms with Gasteiger partial charge in [-0.2, -0.15) is 0 Å². The van der Waals surface area contributed by atoms with E-state index in [4.69, 9.17) is 4.84 Å². The fourth-order valence-electron chi connectivity index (χ4n) is 1.74. The first kappa shape index (κ1) is 12.6. The van der Waals surface area contributed by atoms with Gasteiger partial charge in [0.1, 0.15) is 0 Å². The Labute approximate surface area is 106 Å². The zero-order valence-corrected chi connectivity index (χ0v) is 10.1. The van der Waals surface area contributed by atoms with Gasteiger partial charge < -0.3 is 5.32 Å². The minimum absolute atomic E-state index is 0.0825. The molecule has 0 radical (unpaired) electrons. The number of rotatable bonds is 4. The van der Waals surface area contributed by atoms with Crippen LogP contribution in [0.15, 0.2) is 30.3 Å². The first-order valence-corrected chi connectivity index (χ1v) is 6.04. The molecule has 1 aromatic carbocycles. The van der Waals surface area contributed by atoms with Gasteiger partial charge in [0.2, 0.25) is 5.91 Å². The van der Waals surface area contributed by atoms with Gasteiger partial charge in [-0.3, -0.25) is 14.4 Å². The van der Waals surface area contributed by atoms with Crippen LogP contribution in [0.25, 0.3) is 0 Å². The third kappa shape index (κ3) is 3.30. The molecule has 0 bridgehead atoms. The van der Waals surface area contributed by atoms with E-state index in [-0.39, 0.29) is 18.2 Å². The van der Waals surface area contributed by atoms with E-state index in [2.05, 4.69) is 5.32 Å². The number of amides is 2. The standard InChI is InChI=1S/C13H16N2O3/c16-12(15-9-4-10-18-15)7-8-14-13(17)11-5-2-1-3-6-11/h1-3,5-6H,4,7-10H2,(H,14,17). The third-order valence-electron chi connectivity index (χ3n) is 2.69. The van der Waals surface area contributed by atoms with Crippen molar-refractivity contribution >= 4 is 11.8 Å². The van der Waals surface area contributed by atoms with Crippen molar-refractivity contribution in [1.29, 1.82) is 0 Å². The smallest absolute Gasteiger partial charge is 0.251 e. The number of carbonyl (C=O) groups is 2. The van der Waals surface area contributed by atoms with Crippen LogP contribution < -0.4 is 5.32 Å². The maximum atomic E-state index is 11.7. The molecule has 0 aliphatic carbocycles. The third-order valence-corrected chi connectivity index (χ3v) is 2.69. The molecule has 0 unspecified atom stereocenters. The van der Waals surface area contributed by atoms with Crippen molar-refractivity contribution in [2.24, 2.45) is 0 Å². The van der Waals surface area contributed by atoms with Gasteiger partial charge >= 0.3 is 0 Å². The summed E-state index contributed by atoms with van der Waals surface area (Å²) in [7, 11) is 0. The molecule has 1 aliphatic rings.